The molecule has 0 spiro atoms. The Kier molecular flexibility index (Phi) is 3.78. The van der Waals surface area contributed by atoms with Gasteiger partial charge in [0.05, 0.1) is 17.2 Å². The van der Waals surface area contributed by atoms with E-state index < -0.39 is 0 Å². The zero-order valence-corrected chi connectivity index (χ0v) is 12.9. The molecule has 2 heterocycles. The van der Waals surface area contributed by atoms with E-state index in [-0.39, 0.29) is 5.56 Å². The molecule has 1 atom stereocenters. The molecule has 0 radical (unpaired) electrons. The summed E-state index contributed by atoms with van der Waals surface area (Å²) in [7, 11) is 4.26. The van der Waals surface area contributed by atoms with Crippen LogP contribution in [-0.4, -0.2) is 59.1 Å². The van der Waals surface area contributed by atoms with E-state index in [0.29, 0.717) is 12.6 Å². The molecule has 21 heavy (non-hydrogen) atoms. The third-order valence-corrected chi connectivity index (χ3v) is 4.45. The summed E-state index contributed by atoms with van der Waals surface area (Å²) in [6.07, 6.45) is 1.69. The highest BCUT2D eigenvalue weighted by Crippen LogP contribution is 2.12. The molecule has 1 saturated heterocycles. The third-order valence-electron chi connectivity index (χ3n) is 4.45. The molecule has 0 aliphatic carbocycles. The summed E-state index contributed by atoms with van der Waals surface area (Å²) in [5, 5.41) is 0.742. The number of piperazine rings is 1. The van der Waals surface area contributed by atoms with Crippen LogP contribution in [0, 0.1) is 6.92 Å². The predicted molar refractivity (Wildman–Crippen MR) is 84.7 cm³/mol. The smallest absolute Gasteiger partial charge is 0.261 e. The molecular formula is C16H22N4O. The van der Waals surface area contributed by atoms with Crippen LogP contribution in [0.15, 0.2) is 29.3 Å². The second-order valence-corrected chi connectivity index (χ2v) is 6.07. The van der Waals surface area contributed by atoms with Crippen molar-refractivity contribution < 1.29 is 0 Å². The minimum Gasteiger partial charge on any atom is -0.303 e. The van der Waals surface area contributed by atoms with Gasteiger partial charge in [-0.3, -0.25) is 14.3 Å². The largest absolute Gasteiger partial charge is 0.303 e. The molecule has 1 aromatic carbocycles. The van der Waals surface area contributed by atoms with E-state index in [0.717, 1.165) is 36.1 Å². The lowest BCUT2D eigenvalue weighted by molar-refractivity contribution is 0.102. The van der Waals surface area contributed by atoms with Crippen molar-refractivity contribution in [2.24, 2.45) is 0 Å². The molecule has 1 aromatic heterocycles. The molecule has 1 fully saturated rings. The Labute approximate surface area is 124 Å². The first-order chi connectivity index (χ1) is 10.1. The first-order valence-electron chi connectivity index (χ1n) is 7.40. The topological polar surface area (TPSA) is 41.4 Å². The third kappa shape index (κ3) is 2.71. The van der Waals surface area contributed by atoms with Gasteiger partial charge < -0.3 is 4.90 Å². The Morgan fingerprint density at radius 1 is 1.29 bits per heavy atom. The lowest BCUT2D eigenvalue weighted by atomic mass is 10.1. The Morgan fingerprint density at radius 3 is 2.90 bits per heavy atom. The van der Waals surface area contributed by atoms with Crippen LogP contribution in [0.1, 0.15) is 5.56 Å². The highest BCUT2D eigenvalue weighted by Gasteiger charge is 2.23. The van der Waals surface area contributed by atoms with Gasteiger partial charge in [-0.1, -0.05) is 12.1 Å². The summed E-state index contributed by atoms with van der Waals surface area (Å²) in [6, 6.07) is 6.16. The maximum Gasteiger partial charge on any atom is 0.261 e. The van der Waals surface area contributed by atoms with Gasteiger partial charge in [-0.15, -0.1) is 0 Å². The van der Waals surface area contributed by atoms with Gasteiger partial charge in [-0.2, -0.15) is 0 Å². The zero-order valence-electron chi connectivity index (χ0n) is 12.9. The predicted octanol–water partition coefficient (Wildman–Crippen LogP) is 0.951. The number of nitrogens with zero attached hydrogens (tertiary/aromatic N) is 4. The van der Waals surface area contributed by atoms with Crippen molar-refractivity contribution in [3.8, 4) is 0 Å². The van der Waals surface area contributed by atoms with Crippen molar-refractivity contribution in [1.82, 2.24) is 19.4 Å². The minimum atomic E-state index is 0.0692. The number of likely N-dealkylation sites (N-methyl/N-ethyl adjacent to an activating group) is 2. The standard InChI is InChI=1S/C16H22N4O/c1-12-5-4-6-14-15(12)16(21)20(11-17-14)10-13-9-18(2)7-8-19(13)3/h4-6,11,13H,7-10H2,1-3H3/t13-/m1/s1. The van der Waals surface area contributed by atoms with Gasteiger partial charge >= 0.3 is 0 Å². The van der Waals surface area contributed by atoms with E-state index in [2.05, 4.69) is 28.9 Å². The SMILES string of the molecule is Cc1cccc2ncn(C[C@H]3CN(C)CCN3C)c(=O)c12. The normalized spacial score (nSPS) is 21.0. The van der Waals surface area contributed by atoms with Gasteiger partial charge in [-0.25, -0.2) is 4.98 Å². The Morgan fingerprint density at radius 2 is 2.10 bits per heavy atom. The first-order valence-corrected chi connectivity index (χ1v) is 7.40. The number of aryl methyl sites for hydroxylation is 1. The molecule has 1 aliphatic heterocycles. The van der Waals surface area contributed by atoms with Crippen molar-refractivity contribution in [3.05, 3.63) is 40.4 Å². The molecule has 0 amide bonds. The van der Waals surface area contributed by atoms with Crippen LogP contribution in [0.2, 0.25) is 0 Å². The number of rotatable bonds is 2. The maximum absolute atomic E-state index is 12.7. The lowest BCUT2D eigenvalue weighted by Crippen LogP contribution is -2.52. The fourth-order valence-electron chi connectivity index (χ4n) is 3.02. The van der Waals surface area contributed by atoms with Crippen LogP contribution in [-0.2, 0) is 6.54 Å². The van der Waals surface area contributed by atoms with Gasteiger partial charge in [0.1, 0.15) is 0 Å². The van der Waals surface area contributed by atoms with Gasteiger partial charge in [0.15, 0.2) is 0 Å². The lowest BCUT2D eigenvalue weighted by Gasteiger charge is -2.37. The summed E-state index contributed by atoms with van der Waals surface area (Å²) >= 11 is 0. The fraction of sp³-hybridized carbons (Fsp3) is 0.500. The average Bonchev–Trinajstić information content (AvgIpc) is 2.46. The van der Waals surface area contributed by atoms with Gasteiger partial charge in [-0.05, 0) is 32.6 Å². The fourth-order valence-corrected chi connectivity index (χ4v) is 3.02. The number of hydrogen-bond donors (Lipinski definition) is 0. The number of aromatic nitrogens is 2. The van der Waals surface area contributed by atoms with E-state index in [4.69, 9.17) is 0 Å². The van der Waals surface area contributed by atoms with E-state index >= 15 is 0 Å². The molecule has 0 bridgehead atoms. The van der Waals surface area contributed by atoms with Crippen LogP contribution in [0.3, 0.4) is 0 Å². The molecule has 0 unspecified atom stereocenters. The summed E-state index contributed by atoms with van der Waals surface area (Å²) in [4.78, 5) is 21.8. The Bertz CT molecular complexity index is 709. The Hall–Kier alpha value is -1.72. The molecule has 0 N–H and O–H groups in total. The highest BCUT2D eigenvalue weighted by molar-refractivity contribution is 5.80. The van der Waals surface area contributed by atoms with Crippen LogP contribution in [0.5, 0.6) is 0 Å². The molecule has 1 aliphatic rings. The van der Waals surface area contributed by atoms with E-state index in [1.54, 1.807) is 10.9 Å². The quantitative estimate of drug-likeness (QED) is 0.824. The molecule has 5 nitrogen and oxygen atoms in total. The number of benzene rings is 1. The first kappa shape index (κ1) is 14.2. The van der Waals surface area contributed by atoms with E-state index in [1.165, 1.54) is 0 Å². The van der Waals surface area contributed by atoms with Crippen LogP contribution >= 0.6 is 0 Å². The molecule has 2 aromatic rings. The summed E-state index contributed by atoms with van der Waals surface area (Å²) in [5.41, 5.74) is 1.85. The number of hydrogen-bond acceptors (Lipinski definition) is 4. The minimum absolute atomic E-state index is 0.0692. The molecule has 0 saturated carbocycles. The Balaban J connectivity index is 1.96. The maximum atomic E-state index is 12.7. The molecule has 3 rings (SSSR count). The van der Waals surface area contributed by atoms with E-state index in [1.807, 2.05) is 25.1 Å². The van der Waals surface area contributed by atoms with Crippen molar-refractivity contribution in [3.63, 3.8) is 0 Å². The molecule has 112 valence electrons. The second-order valence-electron chi connectivity index (χ2n) is 6.07. The van der Waals surface area contributed by atoms with Crippen LogP contribution < -0.4 is 5.56 Å². The summed E-state index contributed by atoms with van der Waals surface area (Å²) in [6.45, 7) is 5.76. The summed E-state index contributed by atoms with van der Waals surface area (Å²) < 4.78 is 1.76. The monoisotopic (exact) mass is 286 g/mol. The highest BCUT2D eigenvalue weighted by atomic mass is 16.1. The van der Waals surface area contributed by atoms with Crippen LogP contribution in [0.25, 0.3) is 10.9 Å². The van der Waals surface area contributed by atoms with E-state index in [9.17, 15) is 4.79 Å². The van der Waals surface area contributed by atoms with Crippen molar-refractivity contribution >= 4 is 10.9 Å². The summed E-state index contributed by atoms with van der Waals surface area (Å²) in [5.74, 6) is 0. The molecular weight excluding hydrogens is 264 g/mol. The molecule has 5 heteroatoms. The van der Waals surface area contributed by atoms with Gasteiger partial charge in [0.25, 0.3) is 5.56 Å². The van der Waals surface area contributed by atoms with Crippen LogP contribution in [0.4, 0.5) is 0 Å². The van der Waals surface area contributed by atoms with Gasteiger partial charge in [0, 0.05) is 32.2 Å². The zero-order chi connectivity index (χ0) is 15.0. The number of fused-ring (bicyclic) bond motifs is 1. The second kappa shape index (κ2) is 5.58. The van der Waals surface area contributed by atoms with Crippen molar-refractivity contribution in [2.45, 2.75) is 19.5 Å². The average molecular weight is 286 g/mol. The van der Waals surface area contributed by atoms with Crippen molar-refractivity contribution in [2.75, 3.05) is 33.7 Å². The van der Waals surface area contributed by atoms with Crippen molar-refractivity contribution in [1.29, 1.82) is 0 Å². The van der Waals surface area contributed by atoms with Gasteiger partial charge in [0.2, 0.25) is 0 Å².